The minimum absolute atomic E-state index is 0.238. The predicted octanol–water partition coefficient (Wildman–Crippen LogP) is 2.46. The zero-order valence-electron chi connectivity index (χ0n) is 12.2. The van der Waals surface area contributed by atoms with Gasteiger partial charge < -0.3 is 9.63 Å². The van der Waals surface area contributed by atoms with E-state index in [0.717, 1.165) is 31.8 Å². The molecule has 1 unspecified atom stereocenters. The van der Waals surface area contributed by atoms with Crippen molar-refractivity contribution < 1.29 is 9.63 Å². The molecule has 1 fully saturated rings. The number of rotatable bonds is 4. The van der Waals surface area contributed by atoms with E-state index in [1.54, 1.807) is 0 Å². The van der Waals surface area contributed by atoms with E-state index in [1.165, 1.54) is 19.3 Å². The molecule has 0 amide bonds. The fourth-order valence-electron chi connectivity index (χ4n) is 2.60. The van der Waals surface area contributed by atoms with Crippen LogP contribution in [0.1, 0.15) is 63.7 Å². The average Bonchev–Trinajstić information content (AvgIpc) is 2.62. The Morgan fingerprint density at radius 2 is 2.16 bits per heavy atom. The monoisotopic (exact) mass is 267 g/mol. The molecule has 1 atom stereocenters. The van der Waals surface area contributed by atoms with Gasteiger partial charge >= 0.3 is 0 Å². The SMILES string of the molecule is Cc1nc(C2CCCCCN2CCC(C)(C)O)no1. The van der Waals surface area contributed by atoms with Crippen LogP contribution in [0.25, 0.3) is 0 Å². The van der Waals surface area contributed by atoms with Gasteiger partial charge in [0.2, 0.25) is 5.89 Å². The standard InChI is InChI=1S/C14H25N3O2/c1-11-15-13(16-19-11)12-7-5-4-6-9-17(12)10-8-14(2,3)18/h12,18H,4-10H2,1-3H3. The first kappa shape index (κ1) is 14.5. The van der Waals surface area contributed by atoms with E-state index in [0.29, 0.717) is 5.89 Å². The number of hydrogen-bond acceptors (Lipinski definition) is 5. The second-order valence-corrected chi connectivity index (χ2v) is 6.14. The molecule has 0 aromatic carbocycles. The van der Waals surface area contributed by atoms with Crippen molar-refractivity contribution in [2.24, 2.45) is 0 Å². The molecular weight excluding hydrogens is 242 g/mol. The van der Waals surface area contributed by atoms with Gasteiger partial charge in [0.15, 0.2) is 5.82 Å². The summed E-state index contributed by atoms with van der Waals surface area (Å²) in [7, 11) is 0. The van der Waals surface area contributed by atoms with Gasteiger partial charge in [0, 0.05) is 13.5 Å². The van der Waals surface area contributed by atoms with Crippen LogP contribution in [0.3, 0.4) is 0 Å². The molecule has 5 heteroatoms. The lowest BCUT2D eigenvalue weighted by Gasteiger charge is -2.30. The van der Waals surface area contributed by atoms with Crippen LogP contribution >= 0.6 is 0 Å². The number of nitrogens with zero attached hydrogens (tertiary/aromatic N) is 3. The Kier molecular flexibility index (Phi) is 4.58. The van der Waals surface area contributed by atoms with Crippen molar-refractivity contribution in [2.45, 2.75) is 64.5 Å². The number of aromatic nitrogens is 2. The Morgan fingerprint density at radius 1 is 1.37 bits per heavy atom. The van der Waals surface area contributed by atoms with Gasteiger partial charge in [0.25, 0.3) is 0 Å². The summed E-state index contributed by atoms with van der Waals surface area (Å²) in [6.07, 6.45) is 5.51. The van der Waals surface area contributed by atoms with E-state index in [1.807, 2.05) is 20.8 Å². The Morgan fingerprint density at radius 3 is 2.79 bits per heavy atom. The Bertz CT molecular complexity index is 398. The lowest BCUT2D eigenvalue weighted by molar-refractivity contribution is 0.0499. The Balaban J connectivity index is 2.07. The van der Waals surface area contributed by atoms with Crippen molar-refractivity contribution in [2.75, 3.05) is 13.1 Å². The fourth-order valence-corrected chi connectivity index (χ4v) is 2.60. The minimum atomic E-state index is -0.621. The molecule has 0 saturated carbocycles. The largest absolute Gasteiger partial charge is 0.390 e. The van der Waals surface area contributed by atoms with Crippen molar-refractivity contribution in [3.63, 3.8) is 0 Å². The van der Waals surface area contributed by atoms with Crippen LogP contribution in [0.4, 0.5) is 0 Å². The van der Waals surface area contributed by atoms with Gasteiger partial charge in [0.05, 0.1) is 11.6 Å². The van der Waals surface area contributed by atoms with Gasteiger partial charge in [-0.15, -0.1) is 0 Å². The molecule has 1 N–H and O–H groups in total. The van der Waals surface area contributed by atoms with Crippen LogP contribution in [0.5, 0.6) is 0 Å². The molecule has 0 bridgehead atoms. The van der Waals surface area contributed by atoms with Gasteiger partial charge in [-0.05, 0) is 39.7 Å². The zero-order valence-corrected chi connectivity index (χ0v) is 12.2. The molecule has 1 aromatic rings. The maximum atomic E-state index is 9.90. The number of aryl methyl sites for hydroxylation is 1. The number of aliphatic hydroxyl groups is 1. The summed E-state index contributed by atoms with van der Waals surface area (Å²) in [4.78, 5) is 6.79. The highest BCUT2D eigenvalue weighted by molar-refractivity contribution is 4.95. The first-order valence-corrected chi connectivity index (χ1v) is 7.22. The van der Waals surface area contributed by atoms with Crippen LogP contribution < -0.4 is 0 Å². The quantitative estimate of drug-likeness (QED) is 0.908. The molecule has 0 spiro atoms. The van der Waals surface area contributed by atoms with Gasteiger partial charge in [-0.2, -0.15) is 4.98 Å². The first-order valence-electron chi connectivity index (χ1n) is 7.22. The molecule has 1 aliphatic heterocycles. The van der Waals surface area contributed by atoms with Gasteiger partial charge in [-0.1, -0.05) is 18.0 Å². The fraction of sp³-hybridized carbons (Fsp3) is 0.857. The topological polar surface area (TPSA) is 62.4 Å². The lowest BCUT2D eigenvalue weighted by atomic mass is 10.0. The van der Waals surface area contributed by atoms with E-state index < -0.39 is 5.60 Å². The molecule has 1 aliphatic rings. The van der Waals surface area contributed by atoms with Crippen LogP contribution in [-0.2, 0) is 0 Å². The summed E-state index contributed by atoms with van der Waals surface area (Å²) in [5.74, 6) is 1.43. The van der Waals surface area contributed by atoms with E-state index >= 15 is 0 Å². The third-order valence-corrected chi connectivity index (χ3v) is 3.72. The highest BCUT2D eigenvalue weighted by Gasteiger charge is 2.27. The van der Waals surface area contributed by atoms with Crippen LogP contribution in [-0.4, -0.2) is 38.8 Å². The summed E-state index contributed by atoms with van der Waals surface area (Å²) in [6.45, 7) is 7.47. The lowest BCUT2D eigenvalue weighted by Crippen LogP contribution is -2.34. The highest BCUT2D eigenvalue weighted by Crippen LogP contribution is 2.29. The predicted molar refractivity (Wildman–Crippen MR) is 72.7 cm³/mol. The van der Waals surface area contributed by atoms with Crippen LogP contribution in [0.15, 0.2) is 4.52 Å². The molecule has 5 nitrogen and oxygen atoms in total. The van der Waals surface area contributed by atoms with E-state index in [9.17, 15) is 5.11 Å². The molecule has 2 rings (SSSR count). The summed E-state index contributed by atoms with van der Waals surface area (Å²) in [5.41, 5.74) is -0.621. The van der Waals surface area contributed by atoms with E-state index in [-0.39, 0.29) is 6.04 Å². The number of likely N-dealkylation sites (tertiary alicyclic amines) is 1. The Labute approximate surface area is 115 Å². The summed E-state index contributed by atoms with van der Waals surface area (Å²) >= 11 is 0. The van der Waals surface area contributed by atoms with Crippen molar-refractivity contribution in [1.82, 2.24) is 15.0 Å². The average molecular weight is 267 g/mol. The summed E-state index contributed by atoms with van der Waals surface area (Å²) in [5, 5.41) is 14.0. The van der Waals surface area contributed by atoms with E-state index in [2.05, 4.69) is 15.0 Å². The first-order chi connectivity index (χ1) is 8.96. The smallest absolute Gasteiger partial charge is 0.223 e. The van der Waals surface area contributed by atoms with Crippen molar-refractivity contribution in [3.05, 3.63) is 11.7 Å². The molecule has 0 radical (unpaired) electrons. The van der Waals surface area contributed by atoms with Gasteiger partial charge in [-0.3, -0.25) is 4.90 Å². The zero-order chi connectivity index (χ0) is 13.9. The third kappa shape index (κ3) is 4.28. The molecule has 19 heavy (non-hydrogen) atoms. The summed E-state index contributed by atoms with van der Waals surface area (Å²) < 4.78 is 5.12. The number of hydrogen-bond donors (Lipinski definition) is 1. The molecule has 0 aliphatic carbocycles. The van der Waals surface area contributed by atoms with Crippen LogP contribution in [0, 0.1) is 6.92 Å². The maximum absolute atomic E-state index is 9.90. The van der Waals surface area contributed by atoms with Gasteiger partial charge in [0.1, 0.15) is 0 Å². The third-order valence-electron chi connectivity index (χ3n) is 3.72. The molecule has 2 heterocycles. The van der Waals surface area contributed by atoms with Crippen molar-refractivity contribution in [1.29, 1.82) is 0 Å². The van der Waals surface area contributed by atoms with Crippen LogP contribution in [0.2, 0.25) is 0 Å². The highest BCUT2D eigenvalue weighted by atomic mass is 16.5. The molecule has 1 saturated heterocycles. The van der Waals surface area contributed by atoms with Gasteiger partial charge in [-0.25, -0.2) is 0 Å². The van der Waals surface area contributed by atoms with E-state index in [4.69, 9.17) is 4.52 Å². The maximum Gasteiger partial charge on any atom is 0.223 e. The normalized spacial score (nSPS) is 22.4. The molecule has 1 aromatic heterocycles. The second-order valence-electron chi connectivity index (χ2n) is 6.14. The van der Waals surface area contributed by atoms with Crippen molar-refractivity contribution >= 4 is 0 Å². The summed E-state index contributed by atoms with van der Waals surface area (Å²) in [6, 6.07) is 0.238. The minimum Gasteiger partial charge on any atom is -0.390 e. The second kappa shape index (κ2) is 6.01. The van der Waals surface area contributed by atoms with Crippen molar-refractivity contribution in [3.8, 4) is 0 Å². The Hall–Kier alpha value is -0.940. The molecular formula is C14H25N3O2. The molecule has 108 valence electrons.